The number of carbonyl (C=O) groups is 5. The van der Waals surface area contributed by atoms with Crippen LogP contribution in [-0.4, -0.2) is 128 Å². The summed E-state index contributed by atoms with van der Waals surface area (Å²) in [7, 11) is 0. The number of fused-ring (bicyclic) bond motifs is 3. The first-order chi connectivity index (χ1) is 40.5. The number of hydrogen-bond acceptors (Lipinski definition) is 13. The SMILES string of the molecule is CC(C)(C)OC(=O)CCCOCCOCCOCCOCCC(=O)C[C@@H](CSCC(=O)N(CCCCC(=O)OCC1c2ccccc2-c2ccccc21)[C@@H](c1cc(-c2cc(F)ccc2F)cn1Cc1ccccc1)C(C)(C)C)C(=O)OC(C)(C)C. The summed E-state index contributed by atoms with van der Waals surface area (Å²) in [6, 6.07) is 30.7. The third-order valence-corrected chi connectivity index (χ3v) is 15.1. The third-order valence-electron chi connectivity index (χ3n) is 14.0. The van der Waals surface area contributed by atoms with Gasteiger partial charge in [-0.25, -0.2) is 8.78 Å². The van der Waals surface area contributed by atoms with Gasteiger partial charge in [0.25, 0.3) is 0 Å². The van der Waals surface area contributed by atoms with Gasteiger partial charge < -0.3 is 42.6 Å². The first kappa shape index (κ1) is 67.9. The minimum Gasteiger partial charge on any atom is -0.465 e. The molecule has 1 aliphatic carbocycles. The van der Waals surface area contributed by atoms with E-state index in [2.05, 4.69) is 24.3 Å². The molecule has 0 saturated carbocycles. The Morgan fingerprint density at radius 1 is 0.612 bits per heavy atom. The smallest absolute Gasteiger partial charge is 0.310 e. The number of Topliss-reactive ketones (excluding diaryl/α,β-unsaturated/α-hetero) is 1. The van der Waals surface area contributed by atoms with Gasteiger partial charge in [-0.1, -0.05) is 99.6 Å². The standard InChI is InChI=1S/C68H88F2N2O12S/c1-66(2,3)64(60-41-49(57-42-51(69)28-29-59(57)70)44-71(60)43-48-20-11-10-12-21-48)72(31-18-17-26-62(75)82-45-58-55-24-15-13-22-53(55)54-23-14-16-25-56(54)58)61(74)47-85-46-50(65(77)84-68(7,8)9)40-52(73)30-33-79-35-37-81-39-38-80-36-34-78-32-19-27-63(76)83-67(4,5)6/h10-16,20-25,28-29,41-42,44,50,58,64H,17-19,26-27,30-40,43,45-47H2,1-9H3/t50-,64-/m0/s1. The summed E-state index contributed by atoms with van der Waals surface area (Å²) in [5.74, 6) is -3.63. The predicted octanol–water partition coefficient (Wildman–Crippen LogP) is 13.2. The fourth-order valence-corrected chi connectivity index (χ4v) is 11.2. The van der Waals surface area contributed by atoms with Crippen LogP contribution in [0.1, 0.15) is 142 Å². The second-order valence-electron chi connectivity index (χ2n) is 24.5. The zero-order chi connectivity index (χ0) is 61.6. The van der Waals surface area contributed by atoms with Gasteiger partial charge in [0, 0.05) is 80.1 Å². The summed E-state index contributed by atoms with van der Waals surface area (Å²) in [5.41, 5.74) is 4.74. The van der Waals surface area contributed by atoms with Crippen LogP contribution in [0.15, 0.2) is 109 Å². The molecule has 0 radical (unpaired) electrons. The lowest BCUT2D eigenvalue weighted by Gasteiger charge is -2.41. The van der Waals surface area contributed by atoms with E-state index in [0.717, 1.165) is 39.9 Å². The molecule has 1 aliphatic rings. The zero-order valence-electron chi connectivity index (χ0n) is 51.2. The minimum atomic E-state index is -0.855. The van der Waals surface area contributed by atoms with Gasteiger partial charge in [0.2, 0.25) is 5.91 Å². The first-order valence-corrected chi connectivity index (χ1v) is 30.8. The molecule has 1 heterocycles. The molecule has 1 amide bonds. The molecule has 5 aromatic rings. The molecule has 6 rings (SSSR count). The number of ketones is 1. The van der Waals surface area contributed by atoms with Crippen molar-refractivity contribution in [2.45, 2.75) is 137 Å². The predicted molar refractivity (Wildman–Crippen MR) is 327 cm³/mol. The first-order valence-electron chi connectivity index (χ1n) is 29.6. The number of ether oxygens (including phenoxy) is 7. The Labute approximate surface area is 505 Å². The van der Waals surface area contributed by atoms with Crippen LogP contribution in [0.3, 0.4) is 0 Å². The maximum Gasteiger partial charge on any atom is 0.310 e. The highest BCUT2D eigenvalue weighted by Crippen LogP contribution is 2.45. The summed E-state index contributed by atoms with van der Waals surface area (Å²) < 4.78 is 71.8. The van der Waals surface area contributed by atoms with Crippen molar-refractivity contribution in [2.75, 3.05) is 77.5 Å². The van der Waals surface area contributed by atoms with E-state index in [9.17, 15) is 23.6 Å². The molecule has 0 unspecified atom stereocenters. The van der Waals surface area contributed by atoms with Crippen molar-refractivity contribution in [2.24, 2.45) is 11.3 Å². The largest absolute Gasteiger partial charge is 0.465 e. The number of rotatable bonds is 35. The molecule has 4 aromatic carbocycles. The molecule has 0 spiro atoms. The Hall–Kier alpha value is -6.24. The number of carbonyl (C=O) groups excluding carboxylic acids is 5. The van der Waals surface area contributed by atoms with Crippen molar-refractivity contribution in [1.82, 2.24) is 9.47 Å². The Morgan fingerprint density at radius 2 is 1.19 bits per heavy atom. The molecule has 2 atom stereocenters. The summed E-state index contributed by atoms with van der Waals surface area (Å²) >= 11 is 1.24. The lowest BCUT2D eigenvalue weighted by atomic mass is 9.83. The molecule has 14 nitrogen and oxygen atoms in total. The number of thioether (sulfide) groups is 1. The van der Waals surface area contributed by atoms with Crippen LogP contribution in [-0.2, 0) is 63.7 Å². The van der Waals surface area contributed by atoms with Crippen molar-refractivity contribution >= 4 is 41.4 Å². The molecule has 85 heavy (non-hydrogen) atoms. The normalized spacial score (nSPS) is 13.2. The van der Waals surface area contributed by atoms with E-state index < -0.39 is 46.2 Å². The van der Waals surface area contributed by atoms with E-state index >= 15 is 9.18 Å². The Bertz CT molecular complexity index is 2900. The molecular formula is C68H88F2N2O12S. The van der Waals surface area contributed by atoms with Gasteiger partial charge in [-0.3, -0.25) is 24.0 Å². The Kier molecular flexibility index (Phi) is 26.4. The molecule has 17 heteroatoms. The molecule has 0 saturated heterocycles. The summed E-state index contributed by atoms with van der Waals surface area (Å²) in [6.45, 7) is 20.3. The van der Waals surface area contributed by atoms with E-state index in [1.165, 1.54) is 17.8 Å². The number of hydrogen-bond donors (Lipinski definition) is 0. The summed E-state index contributed by atoms with van der Waals surface area (Å²) in [4.78, 5) is 69.4. The highest BCUT2D eigenvalue weighted by molar-refractivity contribution is 7.99. The van der Waals surface area contributed by atoms with Gasteiger partial charge in [0.1, 0.15) is 35.2 Å². The van der Waals surface area contributed by atoms with Crippen LogP contribution >= 0.6 is 11.8 Å². The van der Waals surface area contributed by atoms with Crippen molar-refractivity contribution in [1.29, 1.82) is 0 Å². The fraction of sp³-hybridized carbons (Fsp3) is 0.515. The summed E-state index contributed by atoms with van der Waals surface area (Å²) in [5, 5.41) is 0. The number of nitrogens with zero attached hydrogens (tertiary/aromatic N) is 2. The lowest BCUT2D eigenvalue weighted by molar-refractivity contribution is -0.160. The van der Waals surface area contributed by atoms with Crippen molar-refractivity contribution in [3.63, 3.8) is 0 Å². The van der Waals surface area contributed by atoms with Gasteiger partial charge in [0.15, 0.2) is 0 Å². The molecular weight excluding hydrogens is 1110 g/mol. The maximum atomic E-state index is 15.6. The lowest BCUT2D eigenvalue weighted by Crippen LogP contribution is -2.43. The fourth-order valence-electron chi connectivity index (χ4n) is 10.3. The van der Waals surface area contributed by atoms with E-state index in [1.54, 1.807) is 27.0 Å². The van der Waals surface area contributed by atoms with E-state index in [0.29, 0.717) is 83.1 Å². The van der Waals surface area contributed by atoms with Crippen LogP contribution in [0, 0.1) is 23.0 Å². The van der Waals surface area contributed by atoms with Crippen molar-refractivity contribution in [3.8, 4) is 22.3 Å². The van der Waals surface area contributed by atoms with Gasteiger partial charge in [0.05, 0.1) is 64.0 Å². The van der Waals surface area contributed by atoms with Gasteiger partial charge in [-0.15, -0.1) is 0 Å². The average Bonchev–Trinajstić information content (AvgIpc) is 1.93. The van der Waals surface area contributed by atoms with Crippen LogP contribution < -0.4 is 0 Å². The van der Waals surface area contributed by atoms with Crippen molar-refractivity contribution < 1.29 is 65.9 Å². The number of halogens is 2. The van der Waals surface area contributed by atoms with Crippen LogP contribution in [0.5, 0.6) is 0 Å². The second-order valence-corrected chi connectivity index (χ2v) is 25.5. The van der Waals surface area contributed by atoms with Crippen molar-refractivity contribution in [3.05, 3.63) is 143 Å². The zero-order valence-corrected chi connectivity index (χ0v) is 52.0. The molecule has 0 fully saturated rings. The molecule has 1 aromatic heterocycles. The molecule has 462 valence electrons. The van der Waals surface area contributed by atoms with E-state index in [-0.39, 0.29) is 92.2 Å². The molecule has 0 N–H and O–H groups in total. The summed E-state index contributed by atoms with van der Waals surface area (Å²) in [6.07, 6.45) is 3.59. The second kappa shape index (κ2) is 33.0. The Morgan fingerprint density at radius 3 is 1.80 bits per heavy atom. The minimum absolute atomic E-state index is 0.0590. The van der Waals surface area contributed by atoms with Crippen LogP contribution in [0.2, 0.25) is 0 Å². The number of benzene rings is 4. The van der Waals surface area contributed by atoms with E-state index in [4.69, 9.17) is 33.2 Å². The quantitative estimate of drug-likeness (QED) is 0.0215. The Balaban J connectivity index is 1.08. The van der Waals surface area contributed by atoms with E-state index in [1.807, 2.05) is 112 Å². The van der Waals surface area contributed by atoms with Crippen LogP contribution in [0.25, 0.3) is 22.3 Å². The number of aromatic nitrogens is 1. The van der Waals surface area contributed by atoms with Crippen LogP contribution in [0.4, 0.5) is 8.78 Å². The molecule has 0 bridgehead atoms. The number of amides is 1. The number of unbranched alkanes of at least 4 members (excludes halogenated alkanes) is 1. The maximum absolute atomic E-state index is 15.6. The average molecular weight is 1200 g/mol. The monoisotopic (exact) mass is 1190 g/mol. The topological polar surface area (TPSA) is 158 Å². The third kappa shape index (κ3) is 22.5. The van der Waals surface area contributed by atoms with Gasteiger partial charge in [-0.2, -0.15) is 11.8 Å². The highest BCUT2D eigenvalue weighted by atomic mass is 32.2. The number of esters is 3. The van der Waals surface area contributed by atoms with Gasteiger partial charge >= 0.3 is 17.9 Å². The van der Waals surface area contributed by atoms with Gasteiger partial charge in [-0.05, 0) is 118 Å². The highest BCUT2D eigenvalue weighted by Gasteiger charge is 2.38. The molecule has 0 aliphatic heterocycles.